The number of rotatable bonds is 12. The van der Waals surface area contributed by atoms with Crippen LogP contribution in [0.4, 0.5) is 17.3 Å². The van der Waals surface area contributed by atoms with Gasteiger partial charge in [-0.15, -0.1) is 0 Å². The largest absolute Gasteiger partial charge is 0.494 e. The summed E-state index contributed by atoms with van der Waals surface area (Å²) in [6.45, 7) is 4.33. The van der Waals surface area contributed by atoms with E-state index in [9.17, 15) is 13.2 Å². The van der Waals surface area contributed by atoms with Gasteiger partial charge in [-0.1, -0.05) is 18.2 Å². The van der Waals surface area contributed by atoms with E-state index < -0.39 is 21.8 Å². The number of carbonyl (C=O) groups is 1. The Morgan fingerprint density at radius 3 is 2.59 bits per heavy atom. The minimum absolute atomic E-state index is 0.223. The van der Waals surface area contributed by atoms with Crippen LogP contribution >= 0.6 is 0 Å². The van der Waals surface area contributed by atoms with Crippen molar-refractivity contribution in [1.82, 2.24) is 19.4 Å². The second-order valence-corrected chi connectivity index (χ2v) is 11.0. The predicted octanol–water partition coefficient (Wildman–Crippen LogP) is 3.76. The first-order chi connectivity index (χ1) is 19.4. The Bertz CT molecular complexity index is 1700. The topological polar surface area (TPSA) is 137 Å². The molecule has 0 atom stereocenters. The molecule has 0 saturated carbocycles. The first kappa shape index (κ1) is 29.4. The summed E-state index contributed by atoms with van der Waals surface area (Å²) < 4.78 is 41.1. The summed E-state index contributed by atoms with van der Waals surface area (Å²) in [6, 6.07) is 13.0. The van der Waals surface area contributed by atoms with Gasteiger partial charge in [0.05, 0.1) is 30.4 Å². The molecule has 2 aromatic heterocycles. The third-order valence-corrected chi connectivity index (χ3v) is 6.43. The van der Waals surface area contributed by atoms with Crippen molar-refractivity contribution in [1.29, 1.82) is 0 Å². The number of aromatic nitrogens is 3. The number of hydrogen-bond donors (Lipinski definition) is 2. The molecule has 0 bridgehead atoms. The van der Waals surface area contributed by atoms with Gasteiger partial charge >= 0.3 is 10.1 Å². The van der Waals surface area contributed by atoms with Gasteiger partial charge in [-0.3, -0.25) is 4.79 Å². The van der Waals surface area contributed by atoms with Crippen LogP contribution in [0.3, 0.4) is 0 Å². The number of carbonyl (C=O) groups excluding carboxylic acids is 1. The number of para-hydroxylation sites is 1. The maximum atomic E-state index is 12.7. The average Bonchev–Trinajstić information content (AvgIpc) is 3.25. The number of methoxy groups -OCH3 is 1. The number of fused-ring (bicyclic) bond motifs is 1. The number of likely N-dealkylation sites (N-methyl/N-ethyl adjacent to an activating group) is 1. The molecule has 2 aromatic carbocycles. The van der Waals surface area contributed by atoms with Crippen LogP contribution in [0.25, 0.3) is 22.2 Å². The summed E-state index contributed by atoms with van der Waals surface area (Å²) in [5.41, 5.74) is 3.38. The highest BCUT2D eigenvalue weighted by Gasteiger charge is 2.20. The summed E-state index contributed by atoms with van der Waals surface area (Å²) in [5.74, 6) is -0.480. The third kappa shape index (κ3) is 7.32. The van der Waals surface area contributed by atoms with E-state index in [4.69, 9.17) is 14.5 Å². The van der Waals surface area contributed by atoms with E-state index in [0.29, 0.717) is 36.0 Å². The van der Waals surface area contributed by atoms with Gasteiger partial charge in [-0.25, -0.2) is 9.97 Å². The monoisotopic (exact) mass is 580 g/mol. The molecule has 0 aliphatic carbocycles. The number of aryl methyl sites for hydroxylation is 1. The number of benzene rings is 2. The van der Waals surface area contributed by atoms with E-state index in [1.54, 1.807) is 18.3 Å². The first-order valence-corrected chi connectivity index (χ1v) is 14.3. The molecule has 0 unspecified atom stereocenters. The van der Waals surface area contributed by atoms with E-state index >= 15 is 0 Å². The molecule has 0 radical (unpaired) electrons. The first-order valence-electron chi connectivity index (χ1n) is 12.5. The van der Waals surface area contributed by atoms with Gasteiger partial charge in [0, 0.05) is 48.5 Å². The molecule has 216 valence electrons. The molecule has 0 saturated heterocycles. The lowest BCUT2D eigenvalue weighted by atomic mass is 10.1. The van der Waals surface area contributed by atoms with Crippen LogP contribution in [0.5, 0.6) is 11.5 Å². The number of ether oxygens (including phenoxy) is 2. The maximum Gasteiger partial charge on any atom is 0.306 e. The second-order valence-electron chi connectivity index (χ2n) is 9.43. The molecule has 1 amide bonds. The van der Waals surface area contributed by atoms with E-state index in [-0.39, 0.29) is 11.6 Å². The van der Waals surface area contributed by atoms with Gasteiger partial charge in [0.2, 0.25) is 5.95 Å². The Kier molecular flexibility index (Phi) is 8.79. The molecule has 2 N–H and O–H groups in total. The van der Waals surface area contributed by atoms with Crippen LogP contribution in [0, 0.1) is 0 Å². The SMILES string of the molecule is C=C(OS(C)(=O)=O)C(=O)Nc1cc(Nc2nccc(-c3cn(C)c4ccccc34)n2)c(OC)cc1OCCN(C)C. The highest BCUT2D eigenvalue weighted by atomic mass is 32.2. The molecule has 0 fully saturated rings. The molecule has 0 aliphatic heterocycles. The Labute approximate surface area is 238 Å². The Hall–Kier alpha value is -4.62. The number of nitrogens with one attached hydrogen (secondary N) is 2. The number of amides is 1. The van der Waals surface area contributed by atoms with Crippen molar-refractivity contribution in [2.45, 2.75) is 0 Å². The van der Waals surface area contributed by atoms with Crippen LogP contribution in [-0.4, -0.2) is 74.4 Å². The molecule has 2 heterocycles. The van der Waals surface area contributed by atoms with Crippen LogP contribution in [0.1, 0.15) is 0 Å². The Balaban J connectivity index is 1.68. The molecular formula is C28H32N6O6S. The zero-order chi connectivity index (χ0) is 29.7. The standard InChI is InChI=1S/C28H32N6O6S/c1-18(40-41(6,36)37)27(35)30-23-15-22(25(38-5)16-26(23)39-14-13-33(2)3)32-28-29-12-11-21(31-28)20-17-34(4)24-10-8-7-9-19(20)24/h7-12,15-17H,1,13-14H2,2-6H3,(H,30,35)(H,29,31,32). The third-order valence-electron chi connectivity index (χ3n) is 5.93. The maximum absolute atomic E-state index is 12.7. The van der Waals surface area contributed by atoms with Crippen molar-refractivity contribution < 1.29 is 26.9 Å². The van der Waals surface area contributed by atoms with Crippen molar-refractivity contribution in [2.75, 3.05) is 51.2 Å². The fourth-order valence-corrected chi connectivity index (χ4v) is 4.47. The summed E-state index contributed by atoms with van der Waals surface area (Å²) in [6.07, 6.45) is 4.48. The summed E-state index contributed by atoms with van der Waals surface area (Å²) in [7, 11) is 3.34. The molecule has 0 aliphatic rings. The quantitative estimate of drug-likeness (QED) is 0.145. The zero-order valence-corrected chi connectivity index (χ0v) is 24.3. The van der Waals surface area contributed by atoms with Gasteiger partial charge in [-0.2, -0.15) is 8.42 Å². The van der Waals surface area contributed by atoms with Gasteiger partial charge in [0.25, 0.3) is 5.91 Å². The molecule has 0 spiro atoms. The van der Waals surface area contributed by atoms with Crippen molar-refractivity contribution in [3.8, 4) is 22.8 Å². The summed E-state index contributed by atoms with van der Waals surface area (Å²) >= 11 is 0. The molecule has 12 nitrogen and oxygen atoms in total. The van der Waals surface area contributed by atoms with E-state index in [1.807, 2.05) is 67.1 Å². The highest BCUT2D eigenvalue weighted by molar-refractivity contribution is 7.86. The van der Waals surface area contributed by atoms with Crippen molar-refractivity contribution in [3.05, 3.63) is 67.2 Å². The lowest BCUT2D eigenvalue weighted by molar-refractivity contribution is -0.114. The smallest absolute Gasteiger partial charge is 0.306 e. The number of hydrogen-bond acceptors (Lipinski definition) is 10. The van der Waals surface area contributed by atoms with Crippen LogP contribution in [-0.2, 0) is 26.1 Å². The van der Waals surface area contributed by atoms with E-state index in [1.165, 1.54) is 7.11 Å². The zero-order valence-electron chi connectivity index (χ0n) is 23.5. The van der Waals surface area contributed by atoms with Crippen LogP contribution < -0.4 is 20.1 Å². The fraction of sp³-hybridized carbons (Fsp3) is 0.250. The lowest BCUT2D eigenvalue weighted by Gasteiger charge is -2.18. The van der Waals surface area contributed by atoms with E-state index in [2.05, 4.69) is 26.4 Å². The summed E-state index contributed by atoms with van der Waals surface area (Å²) in [4.78, 5) is 23.7. The number of nitrogens with zero attached hydrogens (tertiary/aromatic N) is 4. The predicted molar refractivity (Wildman–Crippen MR) is 158 cm³/mol. The molecule has 13 heteroatoms. The molecule has 4 rings (SSSR count). The lowest BCUT2D eigenvalue weighted by Crippen LogP contribution is -2.21. The summed E-state index contributed by atoms with van der Waals surface area (Å²) in [5, 5.41) is 6.81. The highest BCUT2D eigenvalue weighted by Crippen LogP contribution is 2.38. The van der Waals surface area contributed by atoms with Crippen molar-refractivity contribution in [2.24, 2.45) is 7.05 Å². The average molecular weight is 581 g/mol. The minimum atomic E-state index is -3.94. The van der Waals surface area contributed by atoms with Gasteiger partial charge in [-0.05, 0) is 38.9 Å². The normalized spacial score (nSPS) is 11.4. The van der Waals surface area contributed by atoms with Crippen LogP contribution in [0.15, 0.2) is 67.2 Å². The minimum Gasteiger partial charge on any atom is -0.494 e. The molecule has 41 heavy (non-hydrogen) atoms. The fourth-order valence-electron chi connectivity index (χ4n) is 4.03. The number of anilines is 3. The van der Waals surface area contributed by atoms with E-state index in [0.717, 1.165) is 22.7 Å². The Morgan fingerprint density at radius 1 is 1.12 bits per heavy atom. The van der Waals surface area contributed by atoms with Gasteiger partial charge in [0.15, 0.2) is 5.76 Å². The van der Waals surface area contributed by atoms with Crippen molar-refractivity contribution >= 4 is 44.3 Å². The molecular weight excluding hydrogens is 548 g/mol. The van der Waals surface area contributed by atoms with Gasteiger partial charge < -0.3 is 33.8 Å². The second kappa shape index (κ2) is 12.3. The molecule has 4 aromatic rings. The van der Waals surface area contributed by atoms with Crippen LogP contribution in [0.2, 0.25) is 0 Å². The van der Waals surface area contributed by atoms with Gasteiger partial charge in [0.1, 0.15) is 18.1 Å². The Morgan fingerprint density at radius 2 is 1.88 bits per heavy atom. The van der Waals surface area contributed by atoms with Crippen molar-refractivity contribution in [3.63, 3.8) is 0 Å².